The van der Waals surface area contributed by atoms with E-state index in [2.05, 4.69) is 20.5 Å². The van der Waals surface area contributed by atoms with E-state index >= 15 is 0 Å². The summed E-state index contributed by atoms with van der Waals surface area (Å²) in [5.74, 6) is 0. The molecule has 1 N–H and O–H groups in total. The molecule has 0 aliphatic rings. The molecule has 3 aromatic rings. The monoisotopic (exact) mass is 304 g/mol. The normalized spacial score (nSPS) is 13.0. The molecule has 21 heavy (non-hydrogen) atoms. The van der Waals surface area contributed by atoms with Gasteiger partial charge in [0, 0.05) is 36.6 Å². The highest BCUT2D eigenvalue weighted by molar-refractivity contribution is 6.30. The van der Waals surface area contributed by atoms with Crippen LogP contribution in [0.1, 0.15) is 22.9 Å². The number of hydrogen-bond donors (Lipinski definition) is 1. The fourth-order valence-electron chi connectivity index (χ4n) is 2.60. The van der Waals surface area contributed by atoms with E-state index in [4.69, 9.17) is 11.6 Å². The molecule has 6 nitrogen and oxygen atoms in total. The van der Waals surface area contributed by atoms with Gasteiger partial charge >= 0.3 is 0 Å². The standard InChI is InChI=1S/C14H17ClN6/c1-9-10(14(15)20(3)19-9)6-12(16-2)11-7-18-21-5-4-17-8-13(11)21/h4-5,7-8,12,16H,6H2,1-3H3. The minimum Gasteiger partial charge on any atom is -0.313 e. The molecular weight excluding hydrogens is 288 g/mol. The minimum absolute atomic E-state index is 0.104. The van der Waals surface area contributed by atoms with Crippen LogP contribution >= 0.6 is 11.6 Å². The van der Waals surface area contributed by atoms with E-state index in [-0.39, 0.29) is 6.04 Å². The summed E-state index contributed by atoms with van der Waals surface area (Å²) in [6, 6.07) is 0.104. The largest absolute Gasteiger partial charge is 0.313 e. The number of fused-ring (bicyclic) bond motifs is 1. The smallest absolute Gasteiger partial charge is 0.130 e. The second-order valence-electron chi connectivity index (χ2n) is 5.03. The molecule has 110 valence electrons. The Labute approximate surface area is 127 Å². The minimum atomic E-state index is 0.104. The van der Waals surface area contributed by atoms with Crippen LogP contribution in [0.4, 0.5) is 0 Å². The number of aromatic nitrogens is 5. The molecule has 0 saturated heterocycles. The first-order valence-electron chi connectivity index (χ1n) is 6.74. The van der Waals surface area contributed by atoms with Crippen LogP contribution in [0.2, 0.25) is 5.15 Å². The maximum atomic E-state index is 6.33. The average Bonchev–Trinajstić information content (AvgIpc) is 3.00. The van der Waals surface area contributed by atoms with Crippen LogP contribution in [0, 0.1) is 6.92 Å². The lowest BCUT2D eigenvalue weighted by atomic mass is 10.0. The summed E-state index contributed by atoms with van der Waals surface area (Å²) in [5, 5.41) is 12.7. The Kier molecular flexibility index (Phi) is 3.65. The maximum absolute atomic E-state index is 6.33. The van der Waals surface area contributed by atoms with Crippen LogP contribution in [-0.4, -0.2) is 31.4 Å². The van der Waals surface area contributed by atoms with Crippen molar-refractivity contribution in [2.45, 2.75) is 19.4 Å². The van der Waals surface area contributed by atoms with Gasteiger partial charge in [0.05, 0.1) is 23.6 Å². The molecule has 0 aromatic carbocycles. The van der Waals surface area contributed by atoms with Gasteiger partial charge in [-0.05, 0) is 20.4 Å². The van der Waals surface area contributed by atoms with E-state index in [1.165, 1.54) is 0 Å². The van der Waals surface area contributed by atoms with Gasteiger partial charge in [0.2, 0.25) is 0 Å². The van der Waals surface area contributed by atoms with Gasteiger partial charge in [-0.1, -0.05) is 11.6 Å². The molecular formula is C14H17ClN6. The van der Waals surface area contributed by atoms with Crippen molar-refractivity contribution in [2.24, 2.45) is 7.05 Å². The van der Waals surface area contributed by atoms with E-state index in [0.717, 1.165) is 28.8 Å². The Morgan fingerprint density at radius 1 is 1.38 bits per heavy atom. The second-order valence-corrected chi connectivity index (χ2v) is 5.39. The highest BCUT2D eigenvalue weighted by Crippen LogP contribution is 2.27. The highest BCUT2D eigenvalue weighted by atomic mass is 35.5. The number of nitrogens with one attached hydrogen (secondary N) is 1. The van der Waals surface area contributed by atoms with Crippen molar-refractivity contribution < 1.29 is 0 Å². The third-order valence-corrected chi connectivity index (χ3v) is 4.23. The van der Waals surface area contributed by atoms with Crippen molar-refractivity contribution in [2.75, 3.05) is 7.05 Å². The Morgan fingerprint density at radius 2 is 2.19 bits per heavy atom. The SMILES string of the molecule is CNC(Cc1c(C)nn(C)c1Cl)c1cnn2ccncc12. The molecule has 0 spiro atoms. The highest BCUT2D eigenvalue weighted by Gasteiger charge is 2.20. The van der Waals surface area contributed by atoms with Crippen molar-refractivity contribution in [1.82, 2.24) is 29.7 Å². The van der Waals surface area contributed by atoms with Gasteiger partial charge in [-0.3, -0.25) is 9.67 Å². The van der Waals surface area contributed by atoms with Gasteiger partial charge in [-0.25, -0.2) is 4.52 Å². The quantitative estimate of drug-likeness (QED) is 0.800. The molecule has 0 aliphatic carbocycles. The summed E-state index contributed by atoms with van der Waals surface area (Å²) in [4.78, 5) is 4.18. The number of nitrogens with zero attached hydrogens (tertiary/aromatic N) is 5. The summed E-state index contributed by atoms with van der Waals surface area (Å²) < 4.78 is 3.53. The molecule has 3 rings (SSSR count). The molecule has 0 fully saturated rings. The van der Waals surface area contributed by atoms with Crippen molar-refractivity contribution in [3.05, 3.63) is 46.8 Å². The summed E-state index contributed by atoms with van der Waals surface area (Å²) in [6.07, 6.45) is 8.02. The van der Waals surface area contributed by atoms with Crippen LogP contribution in [0.25, 0.3) is 5.52 Å². The van der Waals surface area contributed by atoms with Crippen molar-refractivity contribution >= 4 is 17.1 Å². The first kappa shape index (κ1) is 14.0. The lowest BCUT2D eigenvalue weighted by Crippen LogP contribution is -2.19. The van der Waals surface area contributed by atoms with Crippen LogP contribution in [0.5, 0.6) is 0 Å². The van der Waals surface area contributed by atoms with Gasteiger partial charge in [0.25, 0.3) is 0 Å². The van der Waals surface area contributed by atoms with Crippen LogP contribution in [0.15, 0.2) is 24.8 Å². The zero-order chi connectivity index (χ0) is 15.0. The molecule has 3 heterocycles. The zero-order valence-corrected chi connectivity index (χ0v) is 13.0. The number of halogens is 1. The van der Waals surface area contributed by atoms with E-state index in [1.54, 1.807) is 10.9 Å². The van der Waals surface area contributed by atoms with Gasteiger partial charge in [0.15, 0.2) is 0 Å². The third-order valence-electron chi connectivity index (χ3n) is 3.76. The Bertz CT molecular complexity index is 775. The number of hydrogen-bond acceptors (Lipinski definition) is 4. The predicted octanol–water partition coefficient (Wildman–Crippen LogP) is 1.93. The maximum Gasteiger partial charge on any atom is 0.130 e. The van der Waals surface area contributed by atoms with Crippen LogP contribution < -0.4 is 5.32 Å². The van der Waals surface area contributed by atoms with E-state index in [1.807, 2.05) is 44.1 Å². The number of likely N-dealkylation sites (N-methyl/N-ethyl adjacent to an activating group) is 1. The molecule has 0 bridgehead atoms. The van der Waals surface area contributed by atoms with Crippen molar-refractivity contribution in [3.8, 4) is 0 Å². The summed E-state index contributed by atoms with van der Waals surface area (Å²) in [7, 11) is 3.79. The number of rotatable bonds is 4. The summed E-state index contributed by atoms with van der Waals surface area (Å²) >= 11 is 6.33. The fourth-order valence-corrected chi connectivity index (χ4v) is 2.85. The van der Waals surface area contributed by atoms with Gasteiger partial charge in [0.1, 0.15) is 5.15 Å². The Hall–Kier alpha value is -1.92. The summed E-state index contributed by atoms with van der Waals surface area (Å²) in [6.45, 7) is 1.98. The molecule has 0 aliphatic heterocycles. The van der Waals surface area contributed by atoms with Crippen molar-refractivity contribution in [1.29, 1.82) is 0 Å². The first-order valence-corrected chi connectivity index (χ1v) is 7.12. The molecule has 7 heteroatoms. The zero-order valence-electron chi connectivity index (χ0n) is 12.2. The van der Waals surface area contributed by atoms with E-state index in [0.29, 0.717) is 5.15 Å². The predicted molar refractivity (Wildman–Crippen MR) is 81.4 cm³/mol. The topological polar surface area (TPSA) is 60.0 Å². The first-order chi connectivity index (χ1) is 10.1. The average molecular weight is 305 g/mol. The van der Waals surface area contributed by atoms with Gasteiger partial charge in [-0.15, -0.1) is 0 Å². The van der Waals surface area contributed by atoms with Crippen molar-refractivity contribution in [3.63, 3.8) is 0 Å². The molecule has 0 saturated carbocycles. The third kappa shape index (κ3) is 2.41. The molecule has 1 unspecified atom stereocenters. The fraction of sp³-hybridized carbons (Fsp3) is 0.357. The molecule has 3 aromatic heterocycles. The van der Waals surface area contributed by atoms with Crippen LogP contribution in [0.3, 0.4) is 0 Å². The number of aryl methyl sites for hydroxylation is 2. The van der Waals surface area contributed by atoms with E-state index < -0.39 is 0 Å². The lowest BCUT2D eigenvalue weighted by molar-refractivity contribution is 0.594. The molecule has 1 atom stereocenters. The van der Waals surface area contributed by atoms with Crippen LogP contribution in [-0.2, 0) is 13.5 Å². The lowest BCUT2D eigenvalue weighted by Gasteiger charge is -2.15. The van der Waals surface area contributed by atoms with Gasteiger partial charge in [-0.2, -0.15) is 10.2 Å². The van der Waals surface area contributed by atoms with E-state index in [9.17, 15) is 0 Å². The molecule has 0 radical (unpaired) electrons. The molecule has 0 amide bonds. The Balaban J connectivity index is 1.99. The summed E-state index contributed by atoms with van der Waals surface area (Å²) in [5.41, 5.74) is 4.11. The Morgan fingerprint density at radius 3 is 2.86 bits per heavy atom. The second kappa shape index (κ2) is 5.46. The van der Waals surface area contributed by atoms with Gasteiger partial charge < -0.3 is 5.32 Å².